The van der Waals surface area contributed by atoms with Gasteiger partial charge in [-0.3, -0.25) is 4.79 Å². The maximum atomic E-state index is 12.2. The summed E-state index contributed by atoms with van der Waals surface area (Å²) in [5.41, 5.74) is 7.60. The van der Waals surface area contributed by atoms with Crippen LogP contribution in [-0.4, -0.2) is 32.0 Å². The van der Waals surface area contributed by atoms with Crippen LogP contribution in [0, 0.1) is 8.99 Å². The summed E-state index contributed by atoms with van der Waals surface area (Å²) in [5.74, 6) is 0.268. The van der Waals surface area contributed by atoms with Gasteiger partial charge < -0.3 is 25.1 Å². The highest BCUT2D eigenvalue weighted by Crippen LogP contribution is 2.39. The molecule has 3 aromatic rings. The Morgan fingerprint density at radius 3 is 2.84 bits per heavy atom. The van der Waals surface area contributed by atoms with E-state index in [1.807, 2.05) is 49.6 Å². The molecule has 1 unspecified atom stereocenters. The second-order valence-electron chi connectivity index (χ2n) is 8.13. The summed E-state index contributed by atoms with van der Waals surface area (Å²) < 4.78 is 14.7. The Bertz CT molecular complexity index is 1190. The van der Waals surface area contributed by atoms with E-state index in [0.29, 0.717) is 40.3 Å². The number of nitrogens with zero attached hydrogens (tertiary/aromatic N) is 4. The Hall–Kier alpha value is -2.54. The third kappa shape index (κ3) is 4.77. The molecule has 0 spiro atoms. The van der Waals surface area contributed by atoms with Gasteiger partial charge in [-0.15, -0.1) is 0 Å². The van der Waals surface area contributed by atoms with E-state index in [1.54, 1.807) is 6.26 Å². The third-order valence-electron chi connectivity index (χ3n) is 4.69. The molecule has 1 aromatic carbocycles. The second-order valence-corrected chi connectivity index (χ2v) is 10.3. The van der Waals surface area contributed by atoms with Crippen molar-refractivity contribution in [2.24, 2.45) is 5.41 Å². The Morgan fingerprint density at radius 1 is 1.31 bits per heavy atom. The molecule has 0 aliphatic carbocycles. The fourth-order valence-corrected chi connectivity index (χ4v) is 4.47. The number of thioether (sulfide) groups is 1. The lowest BCUT2D eigenvalue weighted by molar-refractivity contribution is -0.128. The van der Waals surface area contributed by atoms with E-state index in [-0.39, 0.29) is 5.91 Å². The van der Waals surface area contributed by atoms with Gasteiger partial charge in [0.1, 0.15) is 12.6 Å². The number of imidazole rings is 1. The lowest BCUT2D eigenvalue weighted by Gasteiger charge is -2.18. The van der Waals surface area contributed by atoms with Crippen LogP contribution in [0.5, 0.6) is 0 Å². The van der Waals surface area contributed by atoms with Gasteiger partial charge in [-0.25, -0.2) is 15.0 Å². The Kier molecular flexibility index (Phi) is 6.47. The van der Waals surface area contributed by atoms with Crippen LogP contribution in [0.1, 0.15) is 32.6 Å². The number of nitrogens with one attached hydrogen (secondary N) is 1. The minimum absolute atomic E-state index is 0.0270. The maximum Gasteiger partial charge on any atom is 0.268 e. The first-order valence-electron chi connectivity index (χ1n) is 9.93. The van der Waals surface area contributed by atoms with E-state index < -0.39 is 11.7 Å². The SMILES string of the molecule is CC(C)(C)C(=O)NCCn1c(SC2=COC(c3ccccc3I)O2)nc2c(N)ncnc21. The van der Waals surface area contributed by atoms with E-state index in [9.17, 15) is 4.79 Å². The van der Waals surface area contributed by atoms with Crippen LogP contribution in [0.3, 0.4) is 0 Å². The summed E-state index contributed by atoms with van der Waals surface area (Å²) in [5, 5.41) is 4.14. The number of halogens is 1. The summed E-state index contributed by atoms with van der Waals surface area (Å²) in [6.07, 6.45) is 2.47. The number of aromatic nitrogens is 4. The molecular weight excluding hydrogens is 543 g/mol. The molecular formula is C21H23IN6O3S. The topological polar surface area (TPSA) is 117 Å². The number of rotatable bonds is 6. The average Bonchev–Trinajstić information content (AvgIpc) is 3.34. The van der Waals surface area contributed by atoms with Gasteiger partial charge >= 0.3 is 0 Å². The predicted octanol–water partition coefficient (Wildman–Crippen LogP) is 3.81. The molecule has 3 N–H and O–H groups in total. The molecule has 9 nitrogen and oxygen atoms in total. The van der Waals surface area contributed by atoms with Gasteiger partial charge in [0, 0.05) is 27.6 Å². The van der Waals surface area contributed by atoms with Crippen molar-refractivity contribution >= 4 is 57.2 Å². The largest absolute Gasteiger partial charge is 0.454 e. The zero-order chi connectivity index (χ0) is 22.9. The van der Waals surface area contributed by atoms with E-state index >= 15 is 0 Å². The molecule has 0 saturated carbocycles. The molecule has 0 radical (unpaired) electrons. The van der Waals surface area contributed by atoms with Crippen molar-refractivity contribution in [2.75, 3.05) is 12.3 Å². The van der Waals surface area contributed by atoms with E-state index in [2.05, 4.69) is 42.9 Å². The first-order valence-corrected chi connectivity index (χ1v) is 11.8. The minimum atomic E-state index is -0.514. The van der Waals surface area contributed by atoms with Crippen molar-refractivity contribution in [3.05, 3.63) is 51.1 Å². The lowest BCUT2D eigenvalue weighted by Crippen LogP contribution is -2.36. The third-order valence-corrected chi connectivity index (χ3v) is 6.56. The smallest absolute Gasteiger partial charge is 0.268 e. The Morgan fingerprint density at radius 2 is 2.09 bits per heavy atom. The second kappa shape index (κ2) is 9.14. The highest BCUT2D eigenvalue weighted by molar-refractivity contribution is 14.1. The fraction of sp³-hybridized carbons (Fsp3) is 0.333. The highest BCUT2D eigenvalue weighted by Gasteiger charge is 2.27. The first kappa shape index (κ1) is 22.6. The van der Waals surface area contributed by atoms with Crippen molar-refractivity contribution in [1.29, 1.82) is 0 Å². The quantitative estimate of drug-likeness (QED) is 0.433. The monoisotopic (exact) mass is 566 g/mol. The van der Waals surface area contributed by atoms with E-state index in [1.165, 1.54) is 18.1 Å². The van der Waals surface area contributed by atoms with Crippen LogP contribution in [0.15, 0.2) is 47.1 Å². The number of anilines is 1. The van der Waals surface area contributed by atoms with Gasteiger partial charge in [-0.2, -0.15) is 0 Å². The van der Waals surface area contributed by atoms with Gasteiger partial charge in [0.15, 0.2) is 22.1 Å². The number of hydrogen-bond acceptors (Lipinski definition) is 8. The molecule has 0 saturated heterocycles. The molecule has 1 amide bonds. The number of nitrogens with two attached hydrogens (primary N) is 1. The van der Waals surface area contributed by atoms with Gasteiger partial charge in [0.05, 0.1) is 0 Å². The molecule has 3 heterocycles. The van der Waals surface area contributed by atoms with E-state index in [0.717, 1.165) is 9.13 Å². The van der Waals surface area contributed by atoms with Crippen LogP contribution in [-0.2, 0) is 20.8 Å². The molecule has 32 heavy (non-hydrogen) atoms. The number of ether oxygens (including phenoxy) is 2. The number of fused-ring (bicyclic) bond motifs is 1. The van der Waals surface area contributed by atoms with Crippen molar-refractivity contribution in [1.82, 2.24) is 24.8 Å². The molecule has 1 aliphatic rings. The number of carbonyl (C=O) groups excluding carboxylic acids is 1. The molecule has 0 bridgehead atoms. The summed E-state index contributed by atoms with van der Waals surface area (Å²) in [6, 6.07) is 7.88. The maximum absolute atomic E-state index is 12.2. The summed E-state index contributed by atoms with van der Waals surface area (Å²) in [7, 11) is 0. The van der Waals surface area contributed by atoms with Crippen molar-refractivity contribution in [3.8, 4) is 0 Å². The summed E-state index contributed by atoms with van der Waals surface area (Å²) >= 11 is 3.56. The predicted molar refractivity (Wildman–Crippen MR) is 130 cm³/mol. The zero-order valence-electron chi connectivity index (χ0n) is 17.8. The van der Waals surface area contributed by atoms with Crippen molar-refractivity contribution in [2.45, 2.75) is 38.8 Å². The number of benzene rings is 1. The van der Waals surface area contributed by atoms with Crippen molar-refractivity contribution in [3.63, 3.8) is 0 Å². The first-order chi connectivity index (χ1) is 15.2. The number of amides is 1. The lowest BCUT2D eigenvalue weighted by atomic mass is 9.96. The Balaban J connectivity index is 1.53. The van der Waals surface area contributed by atoms with Crippen LogP contribution >= 0.6 is 34.4 Å². The molecule has 4 rings (SSSR count). The fourth-order valence-electron chi connectivity index (χ4n) is 2.98. The number of hydrogen-bond donors (Lipinski definition) is 2. The summed E-state index contributed by atoms with van der Waals surface area (Å²) in [4.78, 5) is 25.2. The molecule has 2 aromatic heterocycles. The van der Waals surface area contributed by atoms with Crippen molar-refractivity contribution < 1.29 is 14.3 Å². The molecule has 1 atom stereocenters. The van der Waals surface area contributed by atoms with Gasteiger partial charge in [-0.05, 0) is 40.4 Å². The molecule has 0 fully saturated rings. The molecule has 1 aliphatic heterocycles. The van der Waals surface area contributed by atoms with Crippen LogP contribution in [0.25, 0.3) is 11.2 Å². The minimum Gasteiger partial charge on any atom is -0.454 e. The van der Waals surface area contributed by atoms with Crippen LogP contribution in [0.4, 0.5) is 5.82 Å². The standard InChI is InChI=1S/C21H23IN6O3S/c1-21(2,3)19(29)24-8-9-28-17-15(16(23)25-11-26-17)27-20(28)32-14-10-30-18(31-14)12-6-4-5-7-13(12)22/h4-7,10-11,18H,8-9H2,1-3H3,(H,24,29)(H2,23,25,26). The zero-order valence-corrected chi connectivity index (χ0v) is 20.8. The average molecular weight is 566 g/mol. The highest BCUT2D eigenvalue weighted by atomic mass is 127. The normalized spacial score (nSPS) is 15.9. The Labute approximate surface area is 203 Å². The molecule has 168 valence electrons. The van der Waals surface area contributed by atoms with Crippen LogP contribution in [0.2, 0.25) is 0 Å². The van der Waals surface area contributed by atoms with Crippen LogP contribution < -0.4 is 11.1 Å². The number of carbonyl (C=O) groups is 1. The summed E-state index contributed by atoms with van der Waals surface area (Å²) in [6.45, 7) is 6.50. The van der Waals surface area contributed by atoms with Gasteiger partial charge in [-0.1, -0.05) is 39.0 Å². The van der Waals surface area contributed by atoms with Gasteiger partial charge in [0.25, 0.3) is 6.29 Å². The van der Waals surface area contributed by atoms with E-state index in [4.69, 9.17) is 15.2 Å². The van der Waals surface area contributed by atoms with Gasteiger partial charge in [0.2, 0.25) is 11.0 Å². The molecule has 11 heteroatoms. The number of nitrogen functional groups attached to an aromatic ring is 1.